The first-order chi connectivity index (χ1) is 33.4. The molecule has 0 saturated heterocycles. The van der Waals surface area contributed by atoms with Gasteiger partial charge in [-0.25, -0.2) is 92.6 Å². The van der Waals surface area contributed by atoms with E-state index in [0.29, 0.717) is 17.7 Å². The quantitative estimate of drug-likeness (QED) is 0.0151. The van der Waals surface area contributed by atoms with Crippen LogP contribution in [0.1, 0.15) is 66.2 Å². The lowest BCUT2D eigenvalue weighted by molar-refractivity contribution is -0.683. The van der Waals surface area contributed by atoms with Crippen LogP contribution in [-0.4, -0.2) is 24.5 Å². The second-order valence-electron chi connectivity index (χ2n) is 15.3. The molecular formula is C46H28BF20NO3. The summed E-state index contributed by atoms with van der Waals surface area (Å²) in [5.41, 5.74) is -13.1. The summed E-state index contributed by atoms with van der Waals surface area (Å²) >= 11 is 0. The van der Waals surface area contributed by atoms with Crippen molar-refractivity contribution < 1.29 is 107 Å². The van der Waals surface area contributed by atoms with Gasteiger partial charge in [0.2, 0.25) is 12.3 Å². The smallest absolute Gasteiger partial charge is 0.338 e. The highest BCUT2D eigenvalue weighted by Crippen LogP contribution is 2.31. The molecule has 0 spiro atoms. The number of carbonyl (C=O) groups is 2. The van der Waals surface area contributed by atoms with E-state index in [9.17, 15) is 62.3 Å². The van der Waals surface area contributed by atoms with E-state index in [-0.39, 0.29) is 18.3 Å². The van der Waals surface area contributed by atoms with Crippen LogP contribution in [0.25, 0.3) is 0 Å². The molecule has 6 aromatic rings. The Kier molecular flexibility index (Phi) is 17.4. The van der Waals surface area contributed by atoms with Crippen LogP contribution in [0.15, 0.2) is 54.9 Å². The minimum Gasteiger partial charge on any atom is -0.462 e. The number of nitrogens with zero attached hydrogens (tertiary/aromatic N) is 1. The fraction of sp³-hybridized carbons (Fsp3) is 0.196. The Hall–Kier alpha value is -6.95. The number of hydrogen-bond acceptors (Lipinski definition) is 3. The summed E-state index contributed by atoms with van der Waals surface area (Å²) in [4.78, 5) is 24.2. The van der Waals surface area contributed by atoms with Gasteiger partial charge < -0.3 is 4.74 Å². The fourth-order valence-corrected chi connectivity index (χ4v) is 7.58. The minimum atomic E-state index is -7.22. The van der Waals surface area contributed by atoms with Gasteiger partial charge in [-0.05, 0) is 6.42 Å². The molecule has 0 radical (unpaired) electrons. The number of benzene rings is 5. The number of Topliss-reactive ketones (excluding diaryl/α,β-unsaturated/α-hetero) is 1. The van der Waals surface area contributed by atoms with Crippen molar-refractivity contribution >= 4 is 39.7 Å². The molecule has 0 bridgehead atoms. The van der Waals surface area contributed by atoms with Crippen molar-refractivity contribution in [2.45, 2.75) is 52.0 Å². The number of unbranched alkanes of at least 4 members (excludes halogenated alkanes) is 5. The molecule has 25 heteroatoms. The largest absolute Gasteiger partial charge is 0.462 e. The molecule has 5 aromatic carbocycles. The number of ketones is 1. The van der Waals surface area contributed by atoms with Crippen molar-refractivity contribution in [3.05, 3.63) is 182 Å². The van der Waals surface area contributed by atoms with E-state index in [1.54, 1.807) is 41.2 Å². The highest BCUT2D eigenvalue weighted by molar-refractivity contribution is 7.20. The zero-order valence-electron chi connectivity index (χ0n) is 35.7. The third-order valence-electron chi connectivity index (χ3n) is 11.0. The maximum Gasteiger partial charge on any atom is 0.338 e. The van der Waals surface area contributed by atoms with Crippen LogP contribution in [0, 0.1) is 116 Å². The van der Waals surface area contributed by atoms with Crippen molar-refractivity contribution in [3.63, 3.8) is 0 Å². The molecular weight excluding hydrogens is 1010 g/mol. The molecule has 0 unspecified atom stereocenters. The third kappa shape index (κ3) is 10.2. The number of halogens is 20. The molecule has 378 valence electrons. The van der Waals surface area contributed by atoms with E-state index in [1.807, 2.05) is 18.2 Å². The molecule has 0 aliphatic carbocycles. The van der Waals surface area contributed by atoms with Gasteiger partial charge in [0, 0.05) is 17.7 Å². The lowest BCUT2D eigenvalue weighted by atomic mass is 9.12. The summed E-state index contributed by atoms with van der Waals surface area (Å²) in [7, 11) is 0. The summed E-state index contributed by atoms with van der Waals surface area (Å²) in [6, 6.07) is 12.6. The molecule has 1 aromatic heterocycles. The van der Waals surface area contributed by atoms with Gasteiger partial charge in [0.15, 0.2) is 82.2 Å². The second-order valence-corrected chi connectivity index (χ2v) is 15.3. The van der Waals surface area contributed by atoms with Gasteiger partial charge in [-0.2, -0.15) is 4.57 Å². The van der Waals surface area contributed by atoms with E-state index in [4.69, 9.17) is 4.74 Å². The zero-order chi connectivity index (χ0) is 53.0. The molecule has 0 atom stereocenters. The molecule has 0 aliphatic heterocycles. The molecule has 0 fully saturated rings. The van der Waals surface area contributed by atoms with Crippen LogP contribution in [0.4, 0.5) is 87.8 Å². The monoisotopic (exact) mass is 1030 g/mol. The van der Waals surface area contributed by atoms with Gasteiger partial charge in [0.25, 0.3) is 0 Å². The van der Waals surface area contributed by atoms with Gasteiger partial charge in [0.05, 0.1) is 12.2 Å². The SMILES string of the molecule is CCCCCCCCOC(=O)c1cc[n+](CC(=O)c2ccccc2)cc1.Fc1c(F)c(F)c([B-](c2c(F)c(F)c(F)c(F)c2F)(c2c(F)c(F)c(F)c(F)c2F)c2c(F)c(F)c(F)c(F)c2F)c(F)c1F. The standard InChI is InChI=1S/C24BF20.C22H28NO3/c26-5-1(6(27)14(35)21(42)13(5)34)25(2-7(28)15(36)22(43)16(37)8(2)29,3-9(30)17(38)23(44)18(39)10(3)31)4-11(32)19(40)24(45)20(41)12(4)33;1-2-3-4-5-6-10-17-26-22(25)20-13-15-23(16-14-20)18-21(24)19-11-8-7-9-12-19/h;7-9,11-16H,2-6,10,17-18H2,1H3/q-1;+1. The molecule has 0 amide bonds. The normalized spacial score (nSPS) is 11.5. The number of rotatable bonds is 15. The number of carbonyl (C=O) groups excluding carboxylic acids is 2. The van der Waals surface area contributed by atoms with Crippen LogP contribution in [-0.2, 0) is 11.3 Å². The third-order valence-corrected chi connectivity index (χ3v) is 11.0. The van der Waals surface area contributed by atoms with Crippen LogP contribution < -0.4 is 26.4 Å². The summed E-state index contributed by atoms with van der Waals surface area (Å²) in [6.07, 6.45) is 3.24. The van der Waals surface area contributed by atoms with Crippen molar-refractivity contribution in [2.75, 3.05) is 6.61 Å². The Labute approximate surface area is 387 Å². The Morgan fingerprint density at radius 1 is 0.394 bits per heavy atom. The maximum atomic E-state index is 15.4. The Balaban J connectivity index is 0.000000306. The molecule has 71 heavy (non-hydrogen) atoms. The molecule has 0 aliphatic rings. The van der Waals surface area contributed by atoms with Gasteiger partial charge in [0.1, 0.15) is 52.7 Å². The van der Waals surface area contributed by atoms with Crippen molar-refractivity contribution in [2.24, 2.45) is 0 Å². The molecule has 0 saturated carbocycles. The van der Waals surface area contributed by atoms with Gasteiger partial charge in [-0.1, -0.05) is 69.4 Å². The van der Waals surface area contributed by atoms with Gasteiger partial charge in [-0.3, -0.25) is 4.79 Å². The predicted molar refractivity (Wildman–Crippen MR) is 210 cm³/mol. The Bertz CT molecular complexity index is 2630. The van der Waals surface area contributed by atoms with E-state index in [1.165, 1.54) is 25.7 Å². The van der Waals surface area contributed by atoms with Crippen LogP contribution in [0.2, 0.25) is 0 Å². The fourth-order valence-electron chi connectivity index (χ4n) is 7.58. The lowest BCUT2D eigenvalue weighted by Gasteiger charge is -2.44. The summed E-state index contributed by atoms with van der Waals surface area (Å²) in [6.45, 7) is 2.91. The maximum absolute atomic E-state index is 15.4. The first-order valence-corrected chi connectivity index (χ1v) is 20.4. The number of ether oxygens (including phenoxy) is 1. The number of hydrogen-bond donors (Lipinski definition) is 0. The second kappa shape index (κ2) is 22.4. The van der Waals surface area contributed by atoms with Gasteiger partial charge in [-0.15, -0.1) is 21.9 Å². The molecule has 0 N–H and O–H groups in total. The molecule has 6 rings (SSSR count). The average Bonchev–Trinajstić information content (AvgIpc) is 3.36. The number of esters is 1. The summed E-state index contributed by atoms with van der Waals surface area (Å²) < 4.78 is 301. The van der Waals surface area contributed by atoms with Crippen molar-refractivity contribution in [3.8, 4) is 0 Å². The zero-order valence-corrected chi connectivity index (χ0v) is 35.7. The highest BCUT2D eigenvalue weighted by atomic mass is 19.2. The first kappa shape index (κ1) is 55.0. The average molecular weight is 1030 g/mol. The predicted octanol–water partition coefficient (Wildman–Crippen LogP) is 10.2. The van der Waals surface area contributed by atoms with Crippen LogP contribution in [0.5, 0.6) is 0 Å². The minimum absolute atomic E-state index is 0.0361. The van der Waals surface area contributed by atoms with Crippen LogP contribution in [0.3, 0.4) is 0 Å². The molecule has 4 nitrogen and oxygen atoms in total. The van der Waals surface area contributed by atoms with E-state index in [2.05, 4.69) is 6.92 Å². The Morgan fingerprint density at radius 2 is 0.690 bits per heavy atom. The van der Waals surface area contributed by atoms with E-state index >= 15 is 35.1 Å². The molecule has 1 heterocycles. The summed E-state index contributed by atoms with van der Waals surface area (Å²) in [5, 5.41) is 0. The summed E-state index contributed by atoms with van der Waals surface area (Å²) in [5.74, 6) is -71.7. The van der Waals surface area contributed by atoms with Crippen molar-refractivity contribution in [1.29, 1.82) is 0 Å². The first-order valence-electron chi connectivity index (χ1n) is 20.4. The number of aromatic nitrogens is 1. The number of pyridine rings is 1. The topological polar surface area (TPSA) is 47.2 Å². The highest BCUT2D eigenvalue weighted by Gasteiger charge is 2.52. The Morgan fingerprint density at radius 3 is 1.01 bits per heavy atom. The van der Waals surface area contributed by atoms with Crippen LogP contribution >= 0.6 is 0 Å². The van der Waals surface area contributed by atoms with E-state index < -0.39 is 144 Å². The lowest BCUT2D eigenvalue weighted by Crippen LogP contribution is -2.81. The van der Waals surface area contributed by atoms with E-state index in [0.717, 1.165) is 12.8 Å². The van der Waals surface area contributed by atoms with Gasteiger partial charge >= 0.3 is 5.97 Å². The van der Waals surface area contributed by atoms with Crippen molar-refractivity contribution in [1.82, 2.24) is 0 Å².